The number of carboxylic acids is 1. The van der Waals surface area contributed by atoms with E-state index in [1.165, 1.54) is 6.07 Å². The van der Waals surface area contributed by atoms with E-state index in [4.69, 9.17) is 5.11 Å². The molecule has 2 N–H and O–H groups in total. The van der Waals surface area contributed by atoms with Crippen LogP contribution in [0.15, 0.2) is 24.3 Å². The van der Waals surface area contributed by atoms with Crippen molar-refractivity contribution in [1.82, 2.24) is 5.32 Å². The molecule has 4 nitrogen and oxygen atoms in total. The van der Waals surface area contributed by atoms with Gasteiger partial charge in [-0.15, -0.1) is 0 Å². The van der Waals surface area contributed by atoms with E-state index in [9.17, 15) is 14.0 Å². The minimum absolute atomic E-state index is 0.118. The number of hydrogen-bond donors (Lipinski definition) is 2. The summed E-state index contributed by atoms with van der Waals surface area (Å²) in [6, 6.07) is 6.16. The van der Waals surface area contributed by atoms with Crippen molar-refractivity contribution >= 4 is 11.9 Å². The van der Waals surface area contributed by atoms with Gasteiger partial charge in [0.15, 0.2) is 0 Å². The number of carbonyl (C=O) groups is 2. The van der Waals surface area contributed by atoms with Crippen LogP contribution in [0.3, 0.4) is 0 Å². The summed E-state index contributed by atoms with van der Waals surface area (Å²) < 4.78 is 13.6. The lowest BCUT2D eigenvalue weighted by molar-refractivity contribution is -0.139. The van der Waals surface area contributed by atoms with Crippen molar-refractivity contribution < 1.29 is 19.1 Å². The Kier molecular flexibility index (Phi) is 4.42. The van der Waals surface area contributed by atoms with E-state index >= 15 is 0 Å². The first-order valence-corrected chi connectivity index (χ1v) is 5.61. The van der Waals surface area contributed by atoms with Crippen LogP contribution in [-0.4, -0.2) is 17.0 Å². The molecule has 0 saturated carbocycles. The van der Waals surface area contributed by atoms with E-state index in [1.54, 1.807) is 32.0 Å². The van der Waals surface area contributed by atoms with Crippen LogP contribution in [0.4, 0.5) is 4.39 Å². The number of nitrogens with one attached hydrogen (secondary N) is 1. The largest absolute Gasteiger partial charge is 0.481 e. The third kappa shape index (κ3) is 3.84. The van der Waals surface area contributed by atoms with Crippen molar-refractivity contribution in [3.8, 4) is 0 Å². The minimum atomic E-state index is -1.03. The standard InChI is InChI=1S/C13H16FNO3/c1-13(2,9-5-3-4-6-10(9)14)15-11(16)7-8-12(17)18/h3-6H,7-8H2,1-2H3,(H,15,16)(H,17,18). The van der Waals surface area contributed by atoms with Crippen molar-refractivity contribution in [3.05, 3.63) is 35.6 Å². The summed E-state index contributed by atoms with van der Waals surface area (Å²) in [7, 11) is 0. The van der Waals surface area contributed by atoms with Crippen LogP contribution in [0.5, 0.6) is 0 Å². The zero-order valence-electron chi connectivity index (χ0n) is 10.4. The molecule has 0 radical (unpaired) electrons. The van der Waals surface area contributed by atoms with Crippen LogP contribution < -0.4 is 5.32 Å². The molecule has 1 aromatic carbocycles. The quantitative estimate of drug-likeness (QED) is 0.843. The van der Waals surface area contributed by atoms with Gasteiger partial charge in [-0.1, -0.05) is 18.2 Å². The molecule has 1 aromatic rings. The molecule has 0 heterocycles. The summed E-state index contributed by atoms with van der Waals surface area (Å²) in [6.45, 7) is 3.34. The average Bonchev–Trinajstić information content (AvgIpc) is 2.26. The van der Waals surface area contributed by atoms with Crippen LogP contribution in [0, 0.1) is 5.82 Å². The van der Waals surface area contributed by atoms with Gasteiger partial charge in [0.1, 0.15) is 5.82 Å². The first-order chi connectivity index (χ1) is 8.33. The fraction of sp³-hybridized carbons (Fsp3) is 0.385. The number of rotatable bonds is 5. The average molecular weight is 253 g/mol. The lowest BCUT2D eigenvalue weighted by atomic mass is 9.93. The van der Waals surface area contributed by atoms with Crippen molar-refractivity contribution in [1.29, 1.82) is 0 Å². The number of halogens is 1. The molecule has 0 unspecified atom stereocenters. The molecule has 0 bridgehead atoms. The monoisotopic (exact) mass is 253 g/mol. The maximum atomic E-state index is 13.6. The second-order valence-corrected chi connectivity index (χ2v) is 4.55. The smallest absolute Gasteiger partial charge is 0.303 e. The molecule has 5 heteroatoms. The molecule has 0 fully saturated rings. The van der Waals surface area contributed by atoms with Gasteiger partial charge in [0.25, 0.3) is 0 Å². The number of carboxylic acid groups (broad SMARTS) is 1. The second kappa shape index (κ2) is 5.62. The molecular weight excluding hydrogens is 237 g/mol. The molecule has 0 aromatic heterocycles. The predicted octanol–water partition coefficient (Wildman–Crippen LogP) is 2.04. The second-order valence-electron chi connectivity index (χ2n) is 4.55. The van der Waals surface area contributed by atoms with Crippen molar-refractivity contribution in [2.45, 2.75) is 32.2 Å². The van der Waals surface area contributed by atoms with E-state index in [-0.39, 0.29) is 12.8 Å². The molecule has 0 atom stereocenters. The molecular formula is C13H16FNO3. The minimum Gasteiger partial charge on any atom is -0.481 e. The molecule has 1 amide bonds. The molecule has 98 valence electrons. The van der Waals surface area contributed by atoms with Crippen LogP contribution in [-0.2, 0) is 15.1 Å². The molecule has 0 aliphatic carbocycles. The predicted molar refractivity (Wildman–Crippen MR) is 64.4 cm³/mol. The van der Waals surface area contributed by atoms with Gasteiger partial charge >= 0.3 is 5.97 Å². The highest BCUT2D eigenvalue weighted by Gasteiger charge is 2.25. The maximum absolute atomic E-state index is 13.6. The van der Waals surface area contributed by atoms with Gasteiger partial charge in [-0.25, -0.2) is 4.39 Å². The van der Waals surface area contributed by atoms with Gasteiger partial charge in [-0.2, -0.15) is 0 Å². The van der Waals surface area contributed by atoms with Gasteiger partial charge < -0.3 is 10.4 Å². The van der Waals surface area contributed by atoms with E-state index in [0.29, 0.717) is 5.56 Å². The van der Waals surface area contributed by atoms with E-state index < -0.39 is 23.2 Å². The van der Waals surface area contributed by atoms with Crippen molar-refractivity contribution in [3.63, 3.8) is 0 Å². The molecule has 0 aliphatic rings. The Balaban J connectivity index is 2.73. The number of aliphatic carboxylic acids is 1. The number of hydrogen-bond acceptors (Lipinski definition) is 2. The van der Waals surface area contributed by atoms with Crippen LogP contribution >= 0.6 is 0 Å². The molecule has 18 heavy (non-hydrogen) atoms. The zero-order valence-corrected chi connectivity index (χ0v) is 10.4. The topological polar surface area (TPSA) is 66.4 Å². The number of amides is 1. The first kappa shape index (κ1) is 14.2. The molecule has 1 rings (SSSR count). The van der Waals surface area contributed by atoms with Crippen LogP contribution in [0.1, 0.15) is 32.3 Å². The van der Waals surface area contributed by atoms with Gasteiger partial charge in [-0.05, 0) is 19.9 Å². The van der Waals surface area contributed by atoms with Gasteiger partial charge in [0.05, 0.1) is 12.0 Å². The molecule has 0 aliphatic heterocycles. The Labute approximate surface area is 105 Å². The summed E-state index contributed by atoms with van der Waals surface area (Å²) in [5.74, 6) is -1.85. The van der Waals surface area contributed by atoms with E-state index in [0.717, 1.165) is 0 Å². The Morgan fingerprint density at radius 2 is 1.89 bits per heavy atom. The van der Waals surface area contributed by atoms with Crippen molar-refractivity contribution in [2.24, 2.45) is 0 Å². The lowest BCUT2D eigenvalue weighted by Gasteiger charge is -2.27. The third-order valence-corrected chi connectivity index (χ3v) is 2.57. The summed E-state index contributed by atoms with van der Waals surface area (Å²) >= 11 is 0. The SMILES string of the molecule is CC(C)(NC(=O)CCC(=O)O)c1ccccc1F. The fourth-order valence-corrected chi connectivity index (χ4v) is 1.67. The van der Waals surface area contributed by atoms with E-state index in [1.807, 2.05) is 0 Å². The van der Waals surface area contributed by atoms with Crippen LogP contribution in [0.25, 0.3) is 0 Å². The molecule has 0 saturated heterocycles. The van der Waals surface area contributed by atoms with Crippen LogP contribution in [0.2, 0.25) is 0 Å². The summed E-state index contributed by atoms with van der Waals surface area (Å²) in [6.07, 6.45) is -0.355. The zero-order chi connectivity index (χ0) is 13.8. The highest BCUT2D eigenvalue weighted by molar-refractivity contribution is 5.81. The summed E-state index contributed by atoms with van der Waals surface area (Å²) in [5, 5.41) is 11.1. The Hall–Kier alpha value is -1.91. The highest BCUT2D eigenvalue weighted by Crippen LogP contribution is 2.22. The van der Waals surface area contributed by atoms with Crippen molar-refractivity contribution in [2.75, 3.05) is 0 Å². The maximum Gasteiger partial charge on any atom is 0.303 e. The van der Waals surface area contributed by atoms with Gasteiger partial charge in [0, 0.05) is 12.0 Å². The van der Waals surface area contributed by atoms with E-state index in [2.05, 4.69) is 5.32 Å². The van der Waals surface area contributed by atoms with Gasteiger partial charge in [-0.3, -0.25) is 9.59 Å². The number of carbonyl (C=O) groups excluding carboxylic acids is 1. The summed E-state index contributed by atoms with van der Waals surface area (Å²) in [5.41, 5.74) is -0.505. The molecule has 0 spiro atoms. The highest BCUT2D eigenvalue weighted by atomic mass is 19.1. The number of benzene rings is 1. The normalized spacial score (nSPS) is 11.1. The Morgan fingerprint density at radius 3 is 2.44 bits per heavy atom. The van der Waals surface area contributed by atoms with Gasteiger partial charge in [0.2, 0.25) is 5.91 Å². The Morgan fingerprint density at radius 1 is 1.28 bits per heavy atom. The third-order valence-electron chi connectivity index (χ3n) is 2.57. The Bertz CT molecular complexity index is 457. The fourth-order valence-electron chi connectivity index (χ4n) is 1.67. The first-order valence-electron chi connectivity index (χ1n) is 5.61. The lowest BCUT2D eigenvalue weighted by Crippen LogP contribution is -2.41. The summed E-state index contributed by atoms with van der Waals surface area (Å²) in [4.78, 5) is 21.9.